The summed E-state index contributed by atoms with van der Waals surface area (Å²) in [4.78, 5) is 0. The summed E-state index contributed by atoms with van der Waals surface area (Å²) in [5.41, 5.74) is 3.08. The molecule has 1 aliphatic carbocycles. The first-order valence-corrected chi connectivity index (χ1v) is 6.16. The molecule has 1 saturated carbocycles. The van der Waals surface area contributed by atoms with Crippen LogP contribution in [0.3, 0.4) is 0 Å². The van der Waals surface area contributed by atoms with Gasteiger partial charge in [0, 0.05) is 31.4 Å². The fourth-order valence-electron chi connectivity index (χ4n) is 2.23. The second-order valence-corrected chi connectivity index (χ2v) is 5.99. The van der Waals surface area contributed by atoms with Gasteiger partial charge in [-0.05, 0) is 17.8 Å². The zero-order valence-corrected chi connectivity index (χ0v) is 11.0. The van der Waals surface area contributed by atoms with Crippen molar-refractivity contribution in [1.82, 2.24) is 15.1 Å². The SMILES string of the molecule is CC(C)c1nn(C)cc1CNC1CC1(C)C. The Morgan fingerprint density at radius 3 is 2.69 bits per heavy atom. The second kappa shape index (κ2) is 3.88. The van der Waals surface area contributed by atoms with E-state index in [-0.39, 0.29) is 0 Å². The van der Waals surface area contributed by atoms with Crippen molar-refractivity contribution in [3.63, 3.8) is 0 Å². The number of aryl methyl sites for hydroxylation is 1. The van der Waals surface area contributed by atoms with Crippen molar-refractivity contribution < 1.29 is 0 Å². The third kappa shape index (κ3) is 2.29. The number of rotatable bonds is 4. The fourth-order valence-corrected chi connectivity index (χ4v) is 2.23. The maximum Gasteiger partial charge on any atom is 0.0694 e. The molecule has 1 unspecified atom stereocenters. The van der Waals surface area contributed by atoms with Gasteiger partial charge in [0.05, 0.1) is 5.69 Å². The van der Waals surface area contributed by atoms with Gasteiger partial charge < -0.3 is 5.32 Å². The van der Waals surface area contributed by atoms with Gasteiger partial charge in [0.25, 0.3) is 0 Å². The monoisotopic (exact) mass is 221 g/mol. The third-order valence-electron chi connectivity index (χ3n) is 3.54. The van der Waals surface area contributed by atoms with Crippen molar-refractivity contribution in [2.45, 2.75) is 52.6 Å². The summed E-state index contributed by atoms with van der Waals surface area (Å²) in [6.07, 6.45) is 3.43. The van der Waals surface area contributed by atoms with Crippen molar-refractivity contribution in [2.24, 2.45) is 12.5 Å². The molecule has 1 N–H and O–H groups in total. The van der Waals surface area contributed by atoms with E-state index in [2.05, 4.69) is 44.3 Å². The molecule has 1 aromatic rings. The molecule has 0 saturated heterocycles. The lowest BCUT2D eigenvalue weighted by atomic mass is 10.1. The molecule has 1 heterocycles. The van der Waals surface area contributed by atoms with E-state index >= 15 is 0 Å². The normalized spacial score (nSPS) is 22.8. The van der Waals surface area contributed by atoms with Crippen LogP contribution in [0.5, 0.6) is 0 Å². The molecule has 0 bridgehead atoms. The van der Waals surface area contributed by atoms with Crippen LogP contribution < -0.4 is 5.32 Å². The quantitative estimate of drug-likeness (QED) is 0.846. The summed E-state index contributed by atoms with van der Waals surface area (Å²) >= 11 is 0. The Balaban J connectivity index is 1.99. The number of nitrogens with zero attached hydrogens (tertiary/aromatic N) is 2. The number of hydrogen-bond acceptors (Lipinski definition) is 2. The highest BCUT2D eigenvalue weighted by atomic mass is 15.3. The molecule has 1 aliphatic rings. The molecule has 1 fully saturated rings. The van der Waals surface area contributed by atoms with Gasteiger partial charge in [-0.15, -0.1) is 0 Å². The molecule has 0 radical (unpaired) electrons. The molecular formula is C13H23N3. The first kappa shape index (κ1) is 11.6. The molecule has 0 aromatic carbocycles. The molecule has 1 aromatic heterocycles. The van der Waals surface area contributed by atoms with Gasteiger partial charge in [-0.2, -0.15) is 5.10 Å². The lowest BCUT2D eigenvalue weighted by Crippen LogP contribution is -2.20. The largest absolute Gasteiger partial charge is 0.309 e. The highest BCUT2D eigenvalue weighted by Crippen LogP contribution is 2.44. The first-order valence-electron chi connectivity index (χ1n) is 6.16. The summed E-state index contributed by atoms with van der Waals surface area (Å²) in [6.45, 7) is 9.99. The van der Waals surface area contributed by atoms with Crippen molar-refractivity contribution in [3.8, 4) is 0 Å². The number of nitrogens with one attached hydrogen (secondary N) is 1. The fraction of sp³-hybridized carbons (Fsp3) is 0.769. The minimum Gasteiger partial charge on any atom is -0.309 e. The Labute approximate surface area is 98.2 Å². The van der Waals surface area contributed by atoms with Crippen LogP contribution in [0.25, 0.3) is 0 Å². The molecule has 2 rings (SSSR count). The van der Waals surface area contributed by atoms with Gasteiger partial charge in [0.2, 0.25) is 0 Å². The standard InChI is InChI=1S/C13H23N3/c1-9(2)12-10(8-16(5)15-12)7-14-11-6-13(11,3)4/h8-9,11,14H,6-7H2,1-5H3. The van der Waals surface area contributed by atoms with Crippen LogP contribution >= 0.6 is 0 Å². The van der Waals surface area contributed by atoms with E-state index in [4.69, 9.17) is 0 Å². The van der Waals surface area contributed by atoms with Gasteiger partial charge in [-0.3, -0.25) is 4.68 Å². The van der Waals surface area contributed by atoms with E-state index in [1.54, 1.807) is 0 Å². The maximum atomic E-state index is 4.52. The van der Waals surface area contributed by atoms with Crippen molar-refractivity contribution in [3.05, 3.63) is 17.5 Å². The number of aromatic nitrogens is 2. The van der Waals surface area contributed by atoms with Gasteiger partial charge in [0.1, 0.15) is 0 Å². The van der Waals surface area contributed by atoms with E-state index in [1.807, 2.05) is 11.7 Å². The molecule has 0 amide bonds. The van der Waals surface area contributed by atoms with E-state index in [1.165, 1.54) is 17.7 Å². The number of hydrogen-bond donors (Lipinski definition) is 1. The Morgan fingerprint density at radius 2 is 2.19 bits per heavy atom. The Hall–Kier alpha value is -0.830. The maximum absolute atomic E-state index is 4.52. The van der Waals surface area contributed by atoms with Gasteiger partial charge in [0.15, 0.2) is 0 Å². The average Bonchev–Trinajstić information content (AvgIpc) is 2.60. The first-order chi connectivity index (χ1) is 7.40. The van der Waals surface area contributed by atoms with E-state index < -0.39 is 0 Å². The summed E-state index contributed by atoms with van der Waals surface area (Å²) in [5, 5.41) is 8.14. The van der Waals surface area contributed by atoms with Gasteiger partial charge >= 0.3 is 0 Å². The van der Waals surface area contributed by atoms with Gasteiger partial charge in [-0.1, -0.05) is 27.7 Å². The van der Waals surface area contributed by atoms with Crippen LogP contribution in [0.2, 0.25) is 0 Å². The molecular weight excluding hydrogens is 198 g/mol. The zero-order chi connectivity index (χ0) is 11.9. The minimum absolute atomic E-state index is 0.500. The van der Waals surface area contributed by atoms with Crippen LogP contribution in [0.15, 0.2) is 6.20 Å². The van der Waals surface area contributed by atoms with Crippen LogP contribution in [0.1, 0.15) is 51.3 Å². The molecule has 3 heteroatoms. The topological polar surface area (TPSA) is 29.9 Å². The predicted octanol–water partition coefficient (Wildman–Crippen LogP) is 2.43. The van der Waals surface area contributed by atoms with Crippen molar-refractivity contribution in [2.75, 3.05) is 0 Å². The van der Waals surface area contributed by atoms with Gasteiger partial charge in [-0.25, -0.2) is 0 Å². The lowest BCUT2D eigenvalue weighted by molar-refractivity contribution is 0.540. The Bertz CT molecular complexity index is 377. The molecule has 16 heavy (non-hydrogen) atoms. The van der Waals surface area contributed by atoms with E-state index in [0.717, 1.165) is 6.54 Å². The Morgan fingerprint density at radius 1 is 1.56 bits per heavy atom. The molecule has 1 atom stereocenters. The highest BCUT2D eigenvalue weighted by Gasteiger charge is 2.45. The average molecular weight is 221 g/mol. The lowest BCUT2D eigenvalue weighted by Gasteiger charge is -2.08. The second-order valence-electron chi connectivity index (χ2n) is 5.99. The summed E-state index contributed by atoms with van der Waals surface area (Å²) in [5.74, 6) is 0.505. The molecule has 3 nitrogen and oxygen atoms in total. The van der Waals surface area contributed by atoms with Crippen LogP contribution in [0.4, 0.5) is 0 Å². The Kier molecular flexibility index (Phi) is 2.82. The van der Waals surface area contributed by atoms with Crippen molar-refractivity contribution >= 4 is 0 Å². The predicted molar refractivity (Wildman–Crippen MR) is 66.3 cm³/mol. The molecule has 90 valence electrons. The van der Waals surface area contributed by atoms with E-state index in [9.17, 15) is 0 Å². The van der Waals surface area contributed by atoms with Crippen LogP contribution in [-0.4, -0.2) is 15.8 Å². The zero-order valence-electron chi connectivity index (χ0n) is 11.0. The highest BCUT2D eigenvalue weighted by molar-refractivity contribution is 5.20. The molecule has 0 spiro atoms. The van der Waals surface area contributed by atoms with Crippen LogP contribution in [-0.2, 0) is 13.6 Å². The summed E-state index contributed by atoms with van der Waals surface area (Å²) in [7, 11) is 2.00. The third-order valence-corrected chi connectivity index (χ3v) is 3.54. The van der Waals surface area contributed by atoms with Crippen molar-refractivity contribution in [1.29, 1.82) is 0 Å². The summed E-state index contributed by atoms with van der Waals surface area (Å²) < 4.78 is 1.92. The molecule has 0 aliphatic heterocycles. The van der Waals surface area contributed by atoms with Crippen LogP contribution in [0, 0.1) is 5.41 Å². The summed E-state index contributed by atoms with van der Waals surface area (Å²) in [6, 6.07) is 0.688. The smallest absolute Gasteiger partial charge is 0.0694 e. The van der Waals surface area contributed by atoms with E-state index in [0.29, 0.717) is 17.4 Å². The minimum atomic E-state index is 0.500.